The molecule has 3 aromatic heterocycles. The van der Waals surface area contributed by atoms with E-state index in [1.165, 1.54) is 23.1 Å². The molecule has 0 saturated carbocycles. The number of aromatic nitrogens is 4. The first-order chi connectivity index (χ1) is 17.6. The second kappa shape index (κ2) is 9.50. The first kappa shape index (κ1) is 24.7. The number of aryl methyl sites for hydroxylation is 1. The van der Waals surface area contributed by atoms with Crippen LogP contribution in [0.4, 0.5) is 23.2 Å². The Balaban J connectivity index is 1.44. The Kier molecular flexibility index (Phi) is 6.35. The van der Waals surface area contributed by atoms with Crippen LogP contribution in [0.25, 0.3) is 22.6 Å². The van der Waals surface area contributed by atoms with Crippen LogP contribution in [0.5, 0.6) is 0 Å². The molecule has 37 heavy (non-hydrogen) atoms. The van der Waals surface area contributed by atoms with Gasteiger partial charge < -0.3 is 24.5 Å². The molecule has 14 heteroatoms. The van der Waals surface area contributed by atoms with E-state index in [1.807, 2.05) is 4.90 Å². The number of benzene rings is 1. The number of carbonyl (C=O) groups excluding carboxylic acids is 1. The third-order valence-corrected chi connectivity index (χ3v) is 6.01. The van der Waals surface area contributed by atoms with Gasteiger partial charge in [-0.25, -0.2) is 4.39 Å². The van der Waals surface area contributed by atoms with Gasteiger partial charge in [0.05, 0.1) is 36.5 Å². The van der Waals surface area contributed by atoms with Gasteiger partial charge in [0, 0.05) is 37.3 Å². The van der Waals surface area contributed by atoms with E-state index >= 15 is 0 Å². The lowest BCUT2D eigenvalue weighted by Crippen LogP contribution is -2.29. The number of fused-ring (bicyclic) bond motifs is 1. The molecule has 10 nitrogen and oxygen atoms in total. The van der Waals surface area contributed by atoms with E-state index in [1.54, 1.807) is 26.2 Å². The number of carbonyl (C=O) groups is 1. The van der Waals surface area contributed by atoms with Crippen LogP contribution < -0.4 is 10.6 Å². The smallest absolute Gasteiger partial charge is 0.393 e. The van der Waals surface area contributed by atoms with Crippen molar-refractivity contribution >= 4 is 22.6 Å². The summed E-state index contributed by atoms with van der Waals surface area (Å²) >= 11 is 0. The van der Waals surface area contributed by atoms with E-state index in [2.05, 4.69) is 25.9 Å². The highest BCUT2D eigenvalue weighted by Crippen LogP contribution is 2.39. The zero-order valence-corrected chi connectivity index (χ0v) is 19.8. The fraction of sp³-hybridized carbons (Fsp3) is 0.391. The second-order valence-corrected chi connectivity index (χ2v) is 8.97. The first-order valence-corrected chi connectivity index (χ1v) is 11.4. The number of anilines is 1. The van der Waals surface area contributed by atoms with E-state index in [9.17, 15) is 22.4 Å². The molecular formula is C23H23F4N7O3. The van der Waals surface area contributed by atoms with Crippen molar-refractivity contribution in [3.8, 4) is 11.6 Å². The van der Waals surface area contributed by atoms with Crippen LogP contribution in [0, 0.1) is 0 Å². The molecule has 0 bridgehead atoms. The number of amides is 1. The fourth-order valence-corrected chi connectivity index (χ4v) is 4.34. The Morgan fingerprint density at radius 1 is 1.24 bits per heavy atom. The molecule has 0 unspecified atom stereocenters. The average Bonchev–Trinajstić information content (AvgIpc) is 3.60. The number of alkyl halides is 4. The number of rotatable bonds is 7. The summed E-state index contributed by atoms with van der Waals surface area (Å²) in [5.74, 6) is -0.876. The zero-order chi connectivity index (χ0) is 26.3. The summed E-state index contributed by atoms with van der Waals surface area (Å²) in [6.07, 6.45) is -4.08. The number of likely N-dealkylation sites (tertiary alicyclic amines) is 1. The van der Waals surface area contributed by atoms with Crippen molar-refractivity contribution in [2.24, 2.45) is 7.05 Å². The van der Waals surface area contributed by atoms with E-state index < -0.39 is 30.7 Å². The molecular weight excluding hydrogens is 498 g/mol. The molecule has 1 aromatic carbocycles. The highest BCUT2D eigenvalue weighted by atomic mass is 19.4. The zero-order valence-electron chi connectivity index (χ0n) is 19.8. The van der Waals surface area contributed by atoms with Crippen molar-refractivity contribution in [2.45, 2.75) is 31.4 Å². The normalized spacial score (nSPS) is 18.5. The van der Waals surface area contributed by atoms with Crippen molar-refractivity contribution in [3.63, 3.8) is 0 Å². The van der Waals surface area contributed by atoms with Crippen molar-refractivity contribution in [3.05, 3.63) is 47.6 Å². The van der Waals surface area contributed by atoms with E-state index in [4.69, 9.17) is 8.94 Å². The molecule has 196 valence electrons. The molecule has 1 amide bonds. The lowest BCUT2D eigenvalue weighted by molar-refractivity contribution is -0.127. The quantitative estimate of drug-likeness (QED) is 0.356. The summed E-state index contributed by atoms with van der Waals surface area (Å²) in [6.45, 7) is 0.522. The number of nitrogens with zero attached hydrogens (tertiary/aromatic N) is 5. The Morgan fingerprint density at radius 2 is 2.05 bits per heavy atom. The predicted molar refractivity (Wildman–Crippen MR) is 123 cm³/mol. The van der Waals surface area contributed by atoms with Crippen LogP contribution >= 0.6 is 0 Å². The number of hydrogen-bond donors (Lipinski definition) is 2. The topological polar surface area (TPSA) is 114 Å². The molecule has 1 fully saturated rings. The van der Waals surface area contributed by atoms with Crippen LogP contribution in [-0.4, -0.2) is 69.3 Å². The van der Waals surface area contributed by atoms with Crippen molar-refractivity contribution in [2.75, 3.05) is 25.5 Å². The number of halogens is 4. The number of nitrogens with one attached hydrogen (secondary N) is 2. The minimum atomic E-state index is -4.54. The van der Waals surface area contributed by atoms with Gasteiger partial charge in [0.1, 0.15) is 6.17 Å². The molecule has 4 aromatic rings. The number of likely N-dealkylation sites (N-methyl/N-ethyl adjacent to an activating group) is 1. The molecule has 2 N–H and O–H groups in total. The standard InChI is InChI=1S/C23H23F4N7O3/c1-33-10-15(24)17(11-33)30-16-5-3-4-13-14(6-23(25,26)27)20(36-19(13)16)21-31-18(37-32-21)8-28-22(35)12-7-29-34(2)9-12/h3-5,7,9,15,17,30H,6,8,10-11H2,1-2H3,(H,28,35)/t15-,17+/m0/s1. The fourth-order valence-electron chi connectivity index (χ4n) is 4.34. The summed E-state index contributed by atoms with van der Waals surface area (Å²) in [7, 11) is 3.45. The minimum absolute atomic E-state index is 0.0294. The minimum Gasteiger partial charge on any atom is -0.450 e. The van der Waals surface area contributed by atoms with Crippen LogP contribution in [0.3, 0.4) is 0 Å². The van der Waals surface area contributed by atoms with E-state index in [0.29, 0.717) is 17.8 Å². The van der Waals surface area contributed by atoms with Crippen LogP contribution in [0.1, 0.15) is 21.8 Å². The third kappa shape index (κ3) is 5.28. The van der Waals surface area contributed by atoms with E-state index in [-0.39, 0.29) is 47.1 Å². The van der Waals surface area contributed by atoms with Gasteiger partial charge in [0.15, 0.2) is 11.3 Å². The van der Waals surface area contributed by atoms with Gasteiger partial charge in [-0.15, -0.1) is 0 Å². The van der Waals surface area contributed by atoms with Crippen molar-refractivity contribution in [1.29, 1.82) is 0 Å². The largest absolute Gasteiger partial charge is 0.450 e. The number of para-hydroxylation sites is 1. The van der Waals surface area contributed by atoms with Crippen LogP contribution in [-0.2, 0) is 20.0 Å². The molecule has 4 heterocycles. The Hall–Kier alpha value is -3.94. The molecule has 1 aliphatic heterocycles. The van der Waals surface area contributed by atoms with Crippen molar-refractivity contribution in [1.82, 2.24) is 30.1 Å². The highest BCUT2D eigenvalue weighted by Gasteiger charge is 2.35. The Bertz CT molecular complexity index is 1430. The lowest BCUT2D eigenvalue weighted by Gasteiger charge is -2.16. The monoisotopic (exact) mass is 521 g/mol. The number of furan rings is 1. The van der Waals surface area contributed by atoms with Gasteiger partial charge in [0.25, 0.3) is 5.91 Å². The summed E-state index contributed by atoms with van der Waals surface area (Å²) in [5, 5.41) is 13.5. The molecule has 1 saturated heterocycles. The maximum absolute atomic E-state index is 14.4. The summed E-state index contributed by atoms with van der Waals surface area (Å²) in [5.41, 5.74) is 0.645. The third-order valence-electron chi connectivity index (χ3n) is 6.01. The van der Waals surface area contributed by atoms with Gasteiger partial charge in [-0.2, -0.15) is 23.3 Å². The second-order valence-electron chi connectivity index (χ2n) is 8.97. The SMILES string of the molecule is CN1C[C@H](F)[C@H](Nc2cccc3c(CC(F)(F)F)c(-c4noc(CNC(=O)c5cnn(C)c5)n4)oc23)C1. The van der Waals surface area contributed by atoms with Crippen molar-refractivity contribution < 1.29 is 31.3 Å². The predicted octanol–water partition coefficient (Wildman–Crippen LogP) is 3.32. The van der Waals surface area contributed by atoms with E-state index in [0.717, 1.165) is 0 Å². The first-order valence-electron chi connectivity index (χ1n) is 11.4. The van der Waals surface area contributed by atoms with Gasteiger partial charge in [-0.3, -0.25) is 9.48 Å². The van der Waals surface area contributed by atoms with Crippen LogP contribution in [0.2, 0.25) is 0 Å². The average molecular weight is 521 g/mol. The molecule has 0 radical (unpaired) electrons. The molecule has 1 aliphatic rings. The van der Waals surface area contributed by atoms with Gasteiger partial charge in [-0.05, 0) is 13.1 Å². The lowest BCUT2D eigenvalue weighted by atomic mass is 10.1. The summed E-state index contributed by atoms with van der Waals surface area (Å²) in [6, 6.07) is 4.14. The van der Waals surface area contributed by atoms with Gasteiger partial charge in [-0.1, -0.05) is 17.3 Å². The number of hydrogen-bond acceptors (Lipinski definition) is 8. The van der Waals surface area contributed by atoms with Gasteiger partial charge >= 0.3 is 6.18 Å². The molecule has 0 aliphatic carbocycles. The highest BCUT2D eigenvalue weighted by molar-refractivity contribution is 5.95. The summed E-state index contributed by atoms with van der Waals surface area (Å²) in [4.78, 5) is 18.2. The molecule has 0 spiro atoms. The van der Waals surface area contributed by atoms with Crippen LogP contribution in [0.15, 0.2) is 39.5 Å². The Labute approximate surface area is 207 Å². The maximum Gasteiger partial charge on any atom is 0.393 e. The maximum atomic E-state index is 14.4. The molecule has 2 atom stereocenters. The molecule has 5 rings (SSSR count). The van der Waals surface area contributed by atoms with Gasteiger partial charge in [0.2, 0.25) is 11.7 Å². The summed E-state index contributed by atoms with van der Waals surface area (Å²) < 4.78 is 67.4. The Morgan fingerprint density at radius 3 is 2.73 bits per heavy atom.